The summed E-state index contributed by atoms with van der Waals surface area (Å²) in [5.41, 5.74) is 2.38. The average Bonchev–Trinajstić information content (AvgIpc) is 2.90. The lowest BCUT2D eigenvalue weighted by Gasteiger charge is -2.22. The predicted molar refractivity (Wildman–Crippen MR) is 72.5 cm³/mol. The number of hydroxylamine groups is 1. The number of carboxylic acids is 1. The van der Waals surface area contributed by atoms with Crippen LogP contribution in [0.4, 0.5) is 0 Å². The molecule has 1 aromatic rings. The molecule has 5 nitrogen and oxygen atoms in total. The van der Waals surface area contributed by atoms with Gasteiger partial charge in [0.2, 0.25) is 5.91 Å². The van der Waals surface area contributed by atoms with Gasteiger partial charge in [-0.15, -0.1) is 0 Å². The molecule has 0 spiro atoms. The van der Waals surface area contributed by atoms with Gasteiger partial charge in [-0.1, -0.05) is 43.2 Å². The van der Waals surface area contributed by atoms with Crippen LogP contribution in [0.1, 0.15) is 37.7 Å². The van der Waals surface area contributed by atoms with E-state index in [0.717, 1.165) is 18.4 Å². The van der Waals surface area contributed by atoms with Crippen LogP contribution in [0.15, 0.2) is 30.3 Å². The maximum Gasteiger partial charge on any atom is 0.310 e. The number of benzene rings is 1. The molecule has 1 saturated carbocycles. The minimum Gasteiger partial charge on any atom is -0.481 e. The lowest BCUT2D eigenvalue weighted by molar-refractivity contribution is -0.154. The third-order valence-corrected chi connectivity index (χ3v) is 3.78. The Labute approximate surface area is 117 Å². The molecule has 1 amide bonds. The first-order chi connectivity index (χ1) is 9.62. The smallest absolute Gasteiger partial charge is 0.310 e. The summed E-state index contributed by atoms with van der Waals surface area (Å²) in [6, 6.07) is 9.46. The fourth-order valence-corrected chi connectivity index (χ4v) is 2.64. The quantitative estimate of drug-likeness (QED) is 0.782. The van der Waals surface area contributed by atoms with E-state index in [1.165, 1.54) is 0 Å². The van der Waals surface area contributed by atoms with Crippen molar-refractivity contribution in [3.63, 3.8) is 0 Å². The Kier molecular flexibility index (Phi) is 4.74. The Morgan fingerprint density at radius 3 is 2.45 bits per heavy atom. The van der Waals surface area contributed by atoms with E-state index in [-0.39, 0.29) is 18.9 Å². The van der Waals surface area contributed by atoms with E-state index >= 15 is 0 Å². The van der Waals surface area contributed by atoms with E-state index in [4.69, 9.17) is 4.84 Å². The van der Waals surface area contributed by atoms with E-state index in [9.17, 15) is 14.7 Å². The molecule has 0 unspecified atom stereocenters. The fourth-order valence-electron chi connectivity index (χ4n) is 2.64. The second kappa shape index (κ2) is 6.52. The van der Waals surface area contributed by atoms with Gasteiger partial charge in [-0.05, 0) is 18.4 Å². The van der Waals surface area contributed by atoms with Gasteiger partial charge in [-0.25, -0.2) is 5.48 Å². The van der Waals surface area contributed by atoms with E-state index in [1.807, 2.05) is 30.3 Å². The Morgan fingerprint density at radius 2 is 1.85 bits per heavy atom. The highest BCUT2D eigenvalue weighted by Gasteiger charge is 2.43. The van der Waals surface area contributed by atoms with Gasteiger partial charge in [0.05, 0.1) is 12.0 Å². The molecule has 0 aromatic heterocycles. The zero-order chi connectivity index (χ0) is 14.4. The standard InChI is InChI=1S/C15H19NO4/c17-13(10-15(14(18)19)8-4-5-9-15)16-20-11-12-6-2-1-3-7-12/h1-3,6-7H,4-5,8-11H2,(H,16,17)(H,18,19). The molecule has 0 radical (unpaired) electrons. The molecule has 1 aliphatic rings. The van der Waals surface area contributed by atoms with E-state index in [0.29, 0.717) is 12.8 Å². The molecule has 0 bridgehead atoms. The van der Waals surface area contributed by atoms with Crippen molar-refractivity contribution in [3.05, 3.63) is 35.9 Å². The first kappa shape index (κ1) is 14.5. The first-order valence-corrected chi connectivity index (χ1v) is 6.80. The third-order valence-electron chi connectivity index (χ3n) is 3.78. The number of rotatable bonds is 6. The van der Waals surface area contributed by atoms with Crippen LogP contribution in [0.2, 0.25) is 0 Å². The SMILES string of the molecule is O=C(CC1(C(=O)O)CCCC1)NOCc1ccccc1. The zero-order valence-electron chi connectivity index (χ0n) is 11.3. The molecule has 1 fully saturated rings. The number of hydrogen-bond acceptors (Lipinski definition) is 3. The molecule has 0 aliphatic heterocycles. The topological polar surface area (TPSA) is 75.6 Å². The van der Waals surface area contributed by atoms with Crippen molar-refractivity contribution in [1.29, 1.82) is 0 Å². The Morgan fingerprint density at radius 1 is 1.20 bits per heavy atom. The van der Waals surface area contributed by atoms with Gasteiger partial charge in [0, 0.05) is 6.42 Å². The van der Waals surface area contributed by atoms with Crippen LogP contribution in [0, 0.1) is 5.41 Å². The number of carbonyl (C=O) groups is 2. The van der Waals surface area contributed by atoms with E-state index in [1.54, 1.807) is 0 Å². The van der Waals surface area contributed by atoms with Gasteiger partial charge in [0.15, 0.2) is 0 Å². The molecule has 1 aromatic carbocycles. The minimum atomic E-state index is -0.903. The van der Waals surface area contributed by atoms with Crippen molar-refractivity contribution in [2.24, 2.45) is 5.41 Å². The fraction of sp³-hybridized carbons (Fsp3) is 0.467. The molecule has 0 saturated heterocycles. The first-order valence-electron chi connectivity index (χ1n) is 6.80. The zero-order valence-corrected chi connectivity index (χ0v) is 11.3. The Bertz CT molecular complexity index is 466. The summed E-state index contributed by atoms with van der Waals surface area (Å²) in [6.45, 7) is 0.270. The van der Waals surface area contributed by atoms with Crippen molar-refractivity contribution < 1.29 is 19.5 Å². The van der Waals surface area contributed by atoms with Crippen LogP contribution in [0.25, 0.3) is 0 Å². The third kappa shape index (κ3) is 3.57. The van der Waals surface area contributed by atoms with Gasteiger partial charge < -0.3 is 5.11 Å². The summed E-state index contributed by atoms with van der Waals surface area (Å²) in [5, 5.41) is 9.30. The van der Waals surface area contributed by atoms with Crippen LogP contribution in [0.5, 0.6) is 0 Å². The number of amides is 1. The summed E-state index contributed by atoms with van der Waals surface area (Å²) in [6.07, 6.45) is 2.84. The van der Waals surface area contributed by atoms with Gasteiger partial charge in [-0.3, -0.25) is 14.4 Å². The number of nitrogens with one attached hydrogen (secondary N) is 1. The maximum absolute atomic E-state index is 11.8. The summed E-state index contributed by atoms with van der Waals surface area (Å²) in [5.74, 6) is -1.25. The van der Waals surface area contributed by atoms with Gasteiger partial charge in [-0.2, -0.15) is 0 Å². The molecule has 5 heteroatoms. The molecule has 1 aliphatic carbocycles. The molecular weight excluding hydrogens is 258 g/mol. The van der Waals surface area contributed by atoms with Crippen molar-refractivity contribution in [2.45, 2.75) is 38.7 Å². The lowest BCUT2D eigenvalue weighted by Crippen LogP contribution is -2.35. The predicted octanol–water partition coefficient (Wildman–Crippen LogP) is 2.27. The highest BCUT2D eigenvalue weighted by Crippen LogP contribution is 2.41. The van der Waals surface area contributed by atoms with Crippen LogP contribution >= 0.6 is 0 Å². The summed E-state index contributed by atoms with van der Waals surface area (Å²) in [7, 11) is 0. The lowest BCUT2D eigenvalue weighted by atomic mass is 9.82. The van der Waals surface area contributed by atoms with Crippen LogP contribution in [-0.2, 0) is 21.0 Å². The number of carbonyl (C=O) groups excluding carboxylic acids is 1. The van der Waals surface area contributed by atoms with Gasteiger partial charge in [0.1, 0.15) is 0 Å². The normalized spacial score (nSPS) is 16.8. The molecular formula is C15H19NO4. The minimum absolute atomic E-state index is 0.0167. The molecule has 0 atom stereocenters. The number of hydrogen-bond donors (Lipinski definition) is 2. The van der Waals surface area contributed by atoms with Crippen LogP contribution in [-0.4, -0.2) is 17.0 Å². The van der Waals surface area contributed by atoms with Gasteiger partial charge in [0.25, 0.3) is 0 Å². The second-order valence-electron chi connectivity index (χ2n) is 5.27. The largest absolute Gasteiger partial charge is 0.481 e. The maximum atomic E-state index is 11.8. The van der Waals surface area contributed by atoms with Crippen LogP contribution < -0.4 is 5.48 Å². The number of carboxylic acid groups (broad SMARTS) is 1. The molecule has 2 rings (SSSR count). The highest BCUT2D eigenvalue weighted by atomic mass is 16.6. The van der Waals surface area contributed by atoms with Crippen molar-refractivity contribution in [1.82, 2.24) is 5.48 Å². The molecule has 108 valence electrons. The second-order valence-corrected chi connectivity index (χ2v) is 5.27. The summed E-state index contributed by atoms with van der Waals surface area (Å²) >= 11 is 0. The van der Waals surface area contributed by atoms with E-state index in [2.05, 4.69) is 5.48 Å². The van der Waals surface area contributed by atoms with Crippen LogP contribution in [0.3, 0.4) is 0 Å². The van der Waals surface area contributed by atoms with E-state index < -0.39 is 11.4 Å². The Balaban J connectivity index is 1.79. The molecule has 20 heavy (non-hydrogen) atoms. The van der Waals surface area contributed by atoms with Crippen molar-refractivity contribution in [2.75, 3.05) is 0 Å². The average molecular weight is 277 g/mol. The monoisotopic (exact) mass is 277 g/mol. The molecule has 2 N–H and O–H groups in total. The molecule has 0 heterocycles. The Hall–Kier alpha value is -1.88. The van der Waals surface area contributed by atoms with Gasteiger partial charge >= 0.3 is 5.97 Å². The number of aliphatic carboxylic acids is 1. The highest BCUT2D eigenvalue weighted by molar-refractivity contribution is 5.84. The summed E-state index contributed by atoms with van der Waals surface area (Å²) < 4.78 is 0. The van der Waals surface area contributed by atoms with Crippen molar-refractivity contribution >= 4 is 11.9 Å². The summed E-state index contributed by atoms with van der Waals surface area (Å²) in [4.78, 5) is 28.3. The van der Waals surface area contributed by atoms with Crippen molar-refractivity contribution in [3.8, 4) is 0 Å².